The van der Waals surface area contributed by atoms with Gasteiger partial charge in [0.2, 0.25) is 5.69 Å². The third kappa shape index (κ3) is 3.62. The number of hydrogen-bond donors (Lipinski definition) is 2. The van der Waals surface area contributed by atoms with Gasteiger partial charge in [-0.3, -0.25) is 0 Å². The summed E-state index contributed by atoms with van der Waals surface area (Å²) in [5.74, 6) is 0. The largest absolute Gasteiger partial charge is 0.322 e. The standard InChI is InChI=1S/C16H20N4/c1-2-6-18-16(3-1)14-20-11-9-19(10-12-20)13-15-4-7-17-8-5-15/h1-8H,9-14H2/p+4. The second kappa shape index (κ2) is 6.59. The Morgan fingerprint density at radius 1 is 0.800 bits per heavy atom. The summed E-state index contributed by atoms with van der Waals surface area (Å²) in [6.07, 6.45) is 6.05. The van der Waals surface area contributed by atoms with Crippen LogP contribution in [0.2, 0.25) is 0 Å². The molecule has 1 aliphatic heterocycles. The van der Waals surface area contributed by atoms with Gasteiger partial charge in [-0.1, -0.05) is 0 Å². The van der Waals surface area contributed by atoms with E-state index in [9.17, 15) is 0 Å². The fourth-order valence-corrected chi connectivity index (χ4v) is 2.95. The average Bonchev–Trinajstić information content (AvgIpc) is 2.51. The number of aromatic nitrogens is 2. The Morgan fingerprint density at radius 3 is 2.15 bits per heavy atom. The minimum atomic E-state index is 1.12. The van der Waals surface area contributed by atoms with Crippen LogP contribution in [0.15, 0.2) is 48.9 Å². The van der Waals surface area contributed by atoms with Gasteiger partial charge in [-0.25, -0.2) is 9.97 Å². The van der Waals surface area contributed by atoms with Crippen LogP contribution in [0.5, 0.6) is 0 Å². The summed E-state index contributed by atoms with van der Waals surface area (Å²) < 4.78 is 0. The van der Waals surface area contributed by atoms with Crippen molar-refractivity contribution in [2.75, 3.05) is 26.2 Å². The van der Waals surface area contributed by atoms with Crippen molar-refractivity contribution in [1.29, 1.82) is 0 Å². The monoisotopic (exact) mass is 272 g/mol. The number of nitrogens with one attached hydrogen (secondary N) is 4. The first kappa shape index (κ1) is 13.2. The first-order valence-corrected chi connectivity index (χ1v) is 7.48. The van der Waals surface area contributed by atoms with Crippen molar-refractivity contribution in [3.63, 3.8) is 0 Å². The summed E-state index contributed by atoms with van der Waals surface area (Å²) in [6, 6.07) is 10.7. The van der Waals surface area contributed by atoms with Crippen LogP contribution in [-0.2, 0) is 13.1 Å². The molecule has 20 heavy (non-hydrogen) atoms. The molecule has 0 amide bonds. The van der Waals surface area contributed by atoms with E-state index in [1.807, 2.05) is 24.7 Å². The van der Waals surface area contributed by atoms with Crippen molar-refractivity contribution < 1.29 is 19.8 Å². The van der Waals surface area contributed by atoms with Gasteiger partial charge in [-0.2, -0.15) is 0 Å². The maximum absolute atomic E-state index is 3.34. The molecule has 0 aromatic carbocycles. The lowest BCUT2D eigenvalue weighted by atomic mass is 10.2. The molecule has 0 aliphatic carbocycles. The van der Waals surface area contributed by atoms with Gasteiger partial charge in [-0.05, 0) is 6.07 Å². The highest BCUT2D eigenvalue weighted by molar-refractivity contribution is 5.04. The molecule has 0 bridgehead atoms. The Balaban J connectivity index is 1.47. The summed E-state index contributed by atoms with van der Waals surface area (Å²) in [5.41, 5.74) is 2.77. The number of rotatable bonds is 4. The molecule has 4 heteroatoms. The summed E-state index contributed by atoms with van der Waals surface area (Å²) in [4.78, 5) is 9.82. The molecule has 0 unspecified atom stereocenters. The van der Waals surface area contributed by atoms with E-state index in [1.165, 1.54) is 37.4 Å². The molecular weight excluding hydrogens is 248 g/mol. The molecule has 4 N–H and O–H groups in total. The zero-order chi connectivity index (χ0) is 13.6. The van der Waals surface area contributed by atoms with Gasteiger partial charge < -0.3 is 9.80 Å². The predicted molar refractivity (Wildman–Crippen MR) is 74.8 cm³/mol. The number of pyridine rings is 2. The van der Waals surface area contributed by atoms with E-state index in [0.29, 0.717) is 0 Å². The van der Waals surface area contributed by atoms with Crippen LogP contribution in [0.1, 0.15) is 11.3 Å². The average molecular weight is 272 g/mol. The topological polar surface area (TPSA) is 37.2 Å². The van der Waals surface area contributed by atoms with Crippen molar-refractivity contribution in [2.45, 2.75) is 13.1 Å². The number of piperazine rings is 1. The molecule has 3 rings (SSSR count). The minimum Gasteiger partial charge on any atom is -0.322 e. The predicted octanol–water partition coefficient (Wildman–Crippen LogP) is -2.20. The van der Waals surface area contributed by atoms with Gasteiger partial charge in [0.05, 0.1) is 0 Å². The first-order chi connectivity index (χ1) is 9.90. The van der Waals surface area contributed by atoms with E-state index < -0.39 is 0 Å². The van der Waals surface area contributed by atoms with Crippen molar-refractivity contribution in [2.24, 2.45) is 0 Å². The highest BCUT2D eigenvalue weighted by atomic mass is 15.3. The van der Waals surface area contributed by atoms with E-state index in [2.05, 4.69) is 34.2 Å². The number of quaternary nitrogens is 2. The quantitative estimate of drug-likeness (QED) is 0.634. The summed E-state index contributed by atoms with van der Waals surface area (Å²) in [5, 5.41) is 0. The number of aromatic amines is 2. The van der Waals surface area contributed by atoms with E-state index in [1.54, 1.807) is 9.80 Å². The van der Waals surface area contributed by atoms with Crippen molar-refractivity contribution in [1.82, 2.24) is 0 Å². The molecule has 0 spiro atoms. The number of H-pyrrole nitrogens is 2. The summed E-state index contributed by atoms with van der Waals surface area (Å²) in [6.45, 7) is 7.32. The normalized spacial score (nSPS) is 22.6. The Kier molecular flexibility index (Phi) is 4.35. The van der Waals surface area contributed by atoms with Crippen molar-refractivity contribution in [3.05, 3.63) is 60.2 Å². The van der Waals surface area contributed by atoms with E-state index >= 15 is 0 Å². The van der Waals surface area contributed by atoms with Crippen molar-refractivity contribution >= 4 is 0 Å². The van der Waals surface area contributed by atoms with E-state index in [-0.39, 0.29) is 0 Å². The summed E-state index contributed by atoms with van der Waals surface area (Å²) in [7, 11) is 0. The zero-order valence-electron chi connectivity index (χ0n) is 11.9. The zero-order valence-corrected chi connectivity index (χ0v) is 11.9. The Hall–Kier alpha value is -1.78. The van der Waals surface area contributed by atoms with Crippen LogP contribution in [0.25, 0.3) is 0 Å². The van der Waals surface area contributed by atoms with Crippen molar-refractivity contribution in [3.8, 4) is 0 Å². The molecule has 1 aliphatic rings. The third-order valence-corrected chi connectivity index (χ3v) is 4.12. The van der Waals surface area contributed by atoms with Gasteiger partial charge in [-0.15, -0.1) is 0 Å². The fraction of sp³-hybridized carbons (Fsp3) is 0.375. The van der Waals surface area contributed by atoms with Crippen LogP contribution < -0.4 is 19.8 Å². The molecule has 2 aromatic heterocycles. The van der Waals surface area contributed by atoms with Crippen LogP contribution in [0, 0.1) is 0 Å². The second-order valence-electron chi connectivity index (χ2n) is 5.65. The molecule has 4 nitrogen and oxygen atoms in total. The van der Waals surface area contributed by atoms with E-state index in [0.717, 1.165) is 13.1 Å². The molecule has 1 fully saturated rings. The van der Waals surface area contributed by atoms with Gasteiger partial charge in [0.25, 0.3) is 0 Å². The molecule has 1 saturated heterocycles. The number of hydrogen-bond acceptors (Lipinski definition) is 0. The maximum Gasteiger partial charge on any atom is 0.234 e. The molecule has 0 radical (unpaired) electrons. The third-order valence-electron chi connectivity index (χ3n) is 4.12. The molecule has 3 heterocycles. The van der Waals surface area contributed by atoms with Crippen LogP contribution in [-0.4, -0.2) is 26.2 Å². The lowest BCUT2D eigenvalue weighted by molar-refractivity contribution is -1.03. The Labute approximate surface area is 120 Å². The van der Waals surface area contributed by atoms with Crippen LogP contribution in [0.4, 0.5) is 0 Å². The minimum absolute atomic E-state index is 1.12. The van der Waals surface area contributed by atoms with Crippen LogP contribution in [0.3, 0.4) is 0 Å². The van der Waals surface area contributed by atoms with Gasteiger partial charge in [0.15, 0.2) is 25.1 Å². The van der Waals surface area contributed by atoms with E-state index in [4.69, 9.17) is 0 Å². The van der Waals surface area contributed by atoms with Crippen LogP contribution >= 0.6 is 0 Å². The highest BCUT2D eigenvalue weighted by Crippen LogP contribution is 1.90. The summed E-state index contributed by atoms with van der Waals surface area (Å²) >= 11 is 0. The molecule has 0 saturated carbocycles. The Bertz CT molecular complexity index is 457. The molecular formula is C16H24N4+4. The molecule has 0 atom stereocenters. The van der Waals surface area contributed by atoms with Gasteiger partial charge >= 0.3 is 0 Å². The maximum atomic E-state index is 3.34. The SMILES string of the molecule is c1ccc(C[NH+]2CC[NH+](Cc3cc[nH+]cc3)CC2)[nH+]c1. The fourth-order valence-electron chi connectivity index (χ4n) is 2.95. The molecule has 2 aromatic rings. The smallest absolute Gasteiger partial charge is 0.234 e. The van der Waals surface area contributed by atoms with Gasteiger partial charge in [0, 0.05) is 29.8 Å². The van der Waals surface area contributed by atoms with Gasteiger partial charge in [0.1, 0.15) is 32.7 Å². The highest BCUT2D eigenvalue weighted by Gasteiger charge is 2.24. The first-order valence-electron chi connectivity index (χ1n) is 7.48. The lowest BCUT2D eigenvalue weighted by Gasteiger charge is -2.28. The second-order valence-corrected chi connectivity index (χ2v) is 5.65. The Morgan fingerprint density at radius 2 is 1.50 bits per heavy atom. The lowest BCUT2D eigenvalue weighted by Crippen LogP contribution is -3.27. The molecule has 104 valence electrons.